The lowest BCUT2D eigenvalue weighted by molar-refractivity contribution is -0.126. The van der Waals surface area contributed by atoms with Crippen LogP contribution < -0.4 is 11.1 Å². The Labute approximate surface area is 98.5 Å². The molecule has 0 aromatic heterocycles. The molecule has 0 unspecified atom stereocenters. The number of hydrogen-bond donors (Lipinski definition) is 2. The molecule has 1 rings (SSSR count). The molecule has 3 N–H and O–H groups in total. The molecule has 0 aromatic carbocycles. The highest BCUT2D eigenvalue weighted by molar-refractivity contribution is 5.78. The maximum absolute atomic E-state index is 11.8. The topological polar surface area (TPSA) is 55.1 Å². The average molecular weight is 224 g/mol. The van der Waals surface area contributed by atoms with Crippen molar-refractivity contribution in [3.8, 4) is 0 Å². The third-order valence-corrected chi connectivity index (χ3v) is 3.40. The Morgan fingerprint density at radius 1 is 1.38 bits per heavy atom. The minimum atomic E-state index is 0.230. The first-order valence-corrected chi connectivity index (χ1v) is 6.36. The fourth-order valence-electron chi connectivity index (χ4n) is 2.25. The van der Waals surface area contributed by atoms with Crippen LogP contribution in [0, 0.1) is 11.8 Å². The number of carbonyl (C=O) groups is 1. The summed E-state index contributed by atoms with van der Waals surface area (Å²) in [6, 6.07) is 0. The van der Waals surface area contributed by atoms with E-state index in [4.69, 9.17) is 5.73 Å². The first-order chi connectivity index (χ1) is 7.77. The molecule has 3 nitrogen and oxygen atoms in total. The van der Waals surface area contributed by atoms with Gasteiger partial charge in [0.05, 0.1) is 0 Å². The highest BCUT2D eigenvalue weighted by Crippen LogP contribution is 2.27. The minimum Gasteiger partial charge on any atom is -0.356 e. The van der Waals surface area contributed by atoms with E-state index in [2.05, 4.69) is 11.4 Å². The first kappa shape index (κ1) is 13.2. The van der Waals surface area contributed by atoms with Gasteiger partial charge in [0.2, 0.25) is 5.91 Å². The molecule has 0 aromatic rings. The number of nitrogens with one attached hydrogen (secondary N) is 1. The van der Waals surface area contributed by atoms with Crippen molar-refractivity contribution in [2.45, 2.75) is 39.0 Å². The van der Waals surface area contributed by atoms with E-state index in [1.165, 1.54) is 0 Å². The van der Waals surface area contributed by atoms with Crippen LogP contribution in [0.1, 0.15) is 39.0 Å². The number of amides is 1. The molecule has 0 aliphatic heterocycles. The first-order valence-electron chi connectivity index (χ1n) is 6.36. The second kappa shape index (κ2) is 7.44. The zero-order chi connectivity index (χ0) is 11.8. The molecule has 1 aliphatic carbocycles. The molecule has 0 atom stereocenters. The van der Waals surface area contributed by atoms with E-state index in [1.54, 1.807) is 0 Å². The van der Waals surface area contributed by atoms with E-state index in [1.807, 2.05) is 13.0 Å². The van der Waals surface area contributed by atoms with Crippen LogP contribution in [-0.4, -0.2) is 19.0 Å². The standard InChI is InChI=1S/C13H24N2O/c1-2-3-4-9-15-13(16)12-7-5-11(10-14)6-8-12/h2-3,11-12H,4-10,14H2,1H3,(H,15,16)/b3-2+. The number of rotatable bonds is 5. The third kappa shape index (κ3) is 4.35. The molecule has 16 heavy (non-hydrogen) atoms. The van der Waals surface area contributed by atoms with E-state index < -0.39 is 0 Å². The van der Waals surface area contributed by atoms with Crippen molar-refractivity contribution in [2.75, 3.05) is 13.1 Å². The fraction of sp³-hybridized carbons (Fsp3) is 0.769. The summed E-state index contributed by atoms with van der Waals surface area (Å²) >= 11 is 0. The van der Waals surface area contributed by atoms with E-state index in [9.17, 15) is 4.79 Å². The Hall–Kier alpha value is -0.830. The zero-order valence-corrected chi connectivity index (χ0v) is 10.2. The molecular weight excluding hydrogens is 200 g/mol. The summed E-state index contributed by atoms with van der Waals surface area (Å²) in [6.45, 7) is 3.53. The highest BCUT2D eigenvalue weighted by Gasteiger charge is 2.24. The molecule has 0 bridgehead atoms. The molecule has 0 saturated heterocycles. The van der Waals surface area contributed by atoms with Gasteiger partial charge in [-0.3, -0.25) is 4.79 Å². The average Bonchev–Trinajstić information content (AvgIpc) is 2.34. The van der Waals surface area contributed by atoms with Crippen LogP contribution in [0.2, 0.25) is 0 Å². The largest absolute Gasteiger partial charge is 0.356 e. The lowest BCUT2D eigenvalue weighted by Crippen LogP contribution is -2.34. The van der Waals surface area contributed by atoms with Crippen LogP contribution in [-0.2, 0) is 4.79 Å². The summed E-state index contributed by atoms with van der Waals surface area (Å²) < 4.78 is 0. The minimum absolute atomic E-state index is 0.230. The van der Waals surface area contributed by atoms with Gasteiger partial charge in [0.15, 0.2) is 0 Å². The van der Waals surface area contributed by atoms with Crippen LogP contribution in [0.4, 0.5) is 0 Å². The fourth-order valence-corrected chi connectivity index (χ4v) is 2.25. The Morgan fingerprint density at radius 3 is 2.62 bits per heavy atom. The lowest BCUT2D eigenvalue weighted by Gasteiger charge is -2.26. The van der Waals surface area contributed by atoms with E-state index in [0.29, 0.717) is 5.92 Å². The molecule has 1 aliphatic rings. The van der Waals surface area contributed by atoms with Crippen LogP contribution >= 0.6 is 0 Å². The molecule has 0 radical (unpaired) electrons. The Kier molecular flexibility index (Phi) is 6.16. The van der Waals surface area contributed by atoms with Crippen LogP contribution in [0.3, 0.4) is 0 Å². The van der Waals surface area contributed by atoms with Crippen molar-refractivity contribution >= 4 is 5.91 Å². The monoisotopic (exact) mass is 224 g/mol. The van der Waals surface area contributed by atoms with E-state index >= 15 is 0 Å². The van der Waals surface area contributed by atoms with Crippen molar-refractivity contribution in [1.29, 1.82) is 0 Å². The van der Waals surface area contributed by atoms with E-state index in [0.717, 1.165) is 45.2 Å². The van der Waals surface area contributed by atoms with Gasteiger partial charge in [-0.05, 0) is 51.5 Å². The number of hydrogen-bond acceptors (Lipinski definition) is 2. The Balaban J connectivity index is 2.17. The molecule has 0 heterocycles. The van der Waals surface area contributed by atoms with E-state index in [-0.39, 0.29) is 11.8 Å². The van der Waals surface area contributed by atoms with Gasteiger partial charge in [0.1, 0.15) is 0 Å². The lowest BCUT2D eigenvalue weighted by atomic mass is 9.81. The molecule has 1 amide bonds. The number of nitrogens with two attached hydrogens (primary N) is 1. The van der Waals surface area contributed by atoms with Gasteiger partial charge in [-0.2, -0.15) is 0 Å². The molecule has 0 spiro atoms. The zero-order valence-electron chi connectivity index (χ0n) is 10.2. The van der Waals surface area contributed by atoms with Crippen LogP contribution in [0.5, 0.6) is 0 Å². The molecule has 3 heteroatoms. The second-order valence-electron chi connectivity index (χ2n) is 4.60. The normalized spacial score (nSPS) is 25.9. The predicted octanol–water partition coefficient (Wildman–Crippen LogP) is 1.83. The van der Waals surface area contributed by atoms with Crippen molar-refractivity contribution in [3.05, 3.63) is 12.2 Å². The Morgan fingerprint density at radius 2 is 2.06 bits per heavy atom. The van der Waals surface area contributed by atoms with Gasteiger partial charge in [0.25, 0.3) is 0 Å². The van der Waals surface area contributed by atoms with Crippen molar-refractivity contribution in [1.82, 2.24) is 5.32 Å². The van der Waals surface area contributed by atoms with Crippen molar-refractivity contribution in [2.24, 2.45) is 17.6 Å². The smallest absolute Gasteiger partial charge is 0.223 e. The summed E-state index contributed by atoms with van der Waals surface area (Å²) in [7, 11) is 0. The van der Waals surface area contributed by atoms with Crippen LogP contribution in [0.25, 0.3) is 0 Å². The van der Waals surface area contributed by atoms with Gasteiger partial charge in [-0.1, -0.05) is 12.2 Å². The maximum atomic E-state index is 11.8. The van der Waals surface area contributed by atoms with Gasteiger partial charge < -0.3 is 11.1 Å². The van der Waals surface area contributed by atoms with Gasteiger partial charge >= 0.3 is 0 Å². The van der Waals surface area contributed by atoms with Gasteiger partial charge in [-0.15, -0.1) is 0 Å². The maximum Gasteiger partial charge on any atom is 0.223 e. The summed E-state index contributed by atoms with van der Waals surface area (Å²) in [6.07, 6.45) is 9.27. The summed E-state index contributed by atoms with van der Waals surface area (Å²) in [5.41, 5.74) is 5.63. The predicted molar refractivity (Wildman–Crippen MR) is 66.9 cm³/mol. The number of carbonyl (C=O) groups excluding carboxylic acids is 1. The summed E-state index contributed by atoms with van der Waals surface area (Å²) in [4.78, 5) is 11.8. The number of allylic oxidation sites excluding steroid dienone is 1. The van der Waals surface area contributed by atoms with Crippen LogP contribution in [0.15, 0.2) is 12.2 Å². The molecule has 1 fully saturated rings. The highest BCUT2D eigenvalue weighted by atomic mass is 16.1. The summed E-state index contributed by atoms with van der Waals surface area (Å²) in [5, 5.41) is 3.00. The van der Waals surface area contributed by atoms with Gasteiger partial charge in [0, 0.05) is 12.5 Å². The second-order valence-corrected chi connectivity index (χ2v) is 4.60. The van der Waals surface area contributed by atoms with Crippen molar-refractivity contribution in [3.63, 3.8) is 0 Å². The Bertz CT molecular complexity index is 230. The SMILES string of the molecule is C/C=C/CCNC(=O)C1CCC(CN)CC1. The summed E-state index contributed by atoms with van der Waals surface area (Å²) in [5.74, 6) is 1.11. The third-order valence-electron chi connectivity index (χ3n) is 3.40. The molecule has 92 valence electrons. The molecule has 1 saturated carbocycles. The molecular formula is C13H24N2O. The van der Waals surface area contributed by atoms with Crippen molar-refractivity contribution < 1.29 is 4.79 Å². The van der Waals surface area contributed by atoms with Gasteiger partial charge in [-0.25, -0.2) is 0 Å². The quantitative estimate of drug-likeness (QED) is 0.553.